The van der Waals surface area contributed by atoms with Crippen LogP contribution in [0.3, 0.4) is 0 Å². The van der Waals surface area contributed by atoms with E-state index in [-0.39, 0.29) is 0 Å². The van der Waals surface area contributed by atoms with Gasteiger partial charge in [-0.05, 0) is 71.3 Å². The third-order valence-electron chi connectivity index (χ3n) is 6.43. The van der Waals surface area contributed by atoms with Crippen LogP contribution >= 0.6 is 0 Å². The molecule has 0 saturated carbocycles. The van der Waals surface area contributed by atoms with E-state index >= 15 is 0 Å². The molecular formula is C29H21N2O2. The van der Waals surface area contributed by atoms with Gasteiger partial charge in [0.1, 0.15) is 5.76 Å². The van der Waals surface area contributed by atoms with Gasteiger partial charge >= 0.3 is 0 Å². The van der Waals surface area contributed by atoms with Crippen molar-refractivity contribution in [3.05, 3.63) is 108 Å². The number of hydrogen-bond donors (Lipinski definition) is 1. The van der Waals surface area contributed by atoms with Crippen molar-refractivity contribution in [2.75, 3.05) is 0 Å². The van der Waals surface area contributed by atoms with Crippen LogP contribution in [0.1, 0.15) is 21.5 Å². The molecule has 4 heteroatoms. The molecule has 2 N–H and O–H groups in total. The van der Waals surface area contributed by atoms with Gasteiger partial charge in [0, 0.05) is 28.4 Å². The zero-order valence-corrected chi connectivity index (χ0v) is 18.1. The zero-order valence-electron chi connectivity index (χ0n) is 18.1. The van der Waals surface area contributed by atoms with Crippen LogP contribution in [0.5, 0.6) is 0 Å². The minimum atomic E-state index is -0.441. The molecule has 1 radical (unpaired) electrons. The Morgan fingerprint density at radius 3 is 2.61 bits per heavy atom. The molecule has 0 unspecified atom stereocenters. The SMILES string of the molecule is Cc1ccc(Cn2c3cc(-c4ccco4)c[c]c3c3c(C(N)=O)cccc32)c2ccccc12. The van der Waals surface area contributed by atoms with Crippen LogP contribution in [0.15, 0.2) is 89.5 Å². The first-order valence-electron chi connectivity index (χ1n) is 10.9. The summed E-state index contributed by atoms with van der Waals surface area (Å²) in [4.78, 5) is 12.3. The lowest BCUT2D eigenvalue weighted by atomic mass is 10.0. The van der Waals surface area contributed by atoms with Crippen molar-refractivity contribution < 1.29 is 9.21 Å². The molecule has 159 valence electrons. The van der Waals surface area contributed by atoms with Crippen molar-refractivity contribution in [1.29, 1.82) is 0 Å². The lowest BCUT2D eigenvalue weighted by Gasteiger charge is -2.13. The second kappa shape index (κ2) is 7.38. The number of carbonyl (C=O) groups excluding carboxylic acids is 1. The lowest BCUT2D eigenvalue weighted by Crippen LogP contribution is -2.11. The zero-order chi connectivity index (χ0) is 22.5. The van der Waals surface area contributed by atoms with E-state index in [9.17, 15) is 4.79 Å². The molecule has 33 heavy (non-hydrogen) atoms. The van der Waals surface area contributed by atoms with Gasteiger partial charge in [0.15, 0.2) is 0 Å². The van der Waals surface area contributed by atoms with Crippen molar-refractivity contribution in [1.82, 2.24) is 4.57 Å². The number of nitrogens with two attached hydrogens (primary N) is 1. The van der Waals surface area contributed by atoms with Gasteiger partial charge in [0.05, 0.1) is 17.3 Å². The van der Waals surface area contributed by atoms with Crippen LogP contribution in [0.4, 0.5) is 0 Å². The van der Waals surface area contributed by atoms with E-state index in [1.54, 1.807) is 12.3 Å². The summed E-state index contributed by atoms with van der Waals surface area (Å²) in [7, 11) is 0. The molecule has 2 aromatic heterocycles. The number of primary amides is 1. The van der Waals surface area contributed by atoms with Crippen molar-refractivity contribution in [2.24, 2.45) is 5.73 Å². The quantitative estimate of drug-likeness (QED) is 0.349. The van der Waals surface area contributed by atoms with E-state index in [0.29, 0.717) is 12.1 Å². The summed E-state index contributed by atoms with van der Waals surface area (Å²) in [5.74, 6) is 0.338. The van der Waals surface area contributed by atoms with E-state index in [1.807, 2.05) is 30.3 Å². The van der Waals surface area contributed by atoms with Crippen molar-refractivity contribution in [2.45, 2.75) is 13.5 Å². The second-order valence-corrected chi connectivity index (χ2v) is 8.36. The maximum absolute atomic E-state index is 12.3. The Hall–Kier alpha value is -4.31. The third kappa shape index (κ3) is 3.03. The number of furan rings is 1. The van der Waals surface area contributed by atoms with E-state index in [4.69, 9.17) is 10.2 Å². The number of carbonyl (C=O) groups is 1. The van der Waals surface area contributed by atoms with E-state index in [2.05, 4.69) is 60.0 Å². The molecule has 6 rings (SSSR count). The summed E-state index contributed by atoms with van der Waals surface area (Å²) in [5.41, 5.74) is 11.6. The van der Waals surface area contributed by atoms with Gasteiger partial charge in [0.25, 0.3) is 0 Å². The van der Waals surface area contributed by atoms with Gasteiger partial charge in [-0.15, -0.1) is 0 Å². The first-order valence-corrected chi connectivity index (χ1v) is 10.9. The van der Waals surface area contributed by atoms with Gasteiger partial charge in [-0.1, -0.05) is 42.5 Å². The topological polar surface area (TPSA) is 61.2 Å². The average Bonchev–Trinajstić information content (AvgIpc) is 3.48. The Morgan fingerprint density at radius 2 is 1.82 bits per heavy atom. The average molecular weight is 429 g/mol. The predicted molar refractivity (Wildman–Crippen MR) is 132 cm³/mol. The highest BCUT2D eigenvalue weighted by molar-refractivity contribution is 6.18. The molecule has 0 aliphatic carbocycles. The molecule has 6 aromatic rings. The van der Waals surface area contributed by atoms with Crippen LogP contribution < -0.4 is 5.73 Å². The molecule has 0 fully saturated rings. The molecule has 2 heterocycles. The summed E-state index contributed by atoms with van der Waals surface area (Å²) in [6, 6.07) is 29.8. The van der Waals surface area contributed by atoms with E-state index in [1.165, 1.54) is 21.9 Å². The predicted octanol–water partition coefficient (Wildman–Crippen LogP) is 6.46. The molecule has 0 bridgehead atoms. The fourth-order valence-corrected chi connectivity index (χ4v) is 4.84. The first kappa shape index (κ1) is 19.4. The highest BCUT2D eigenvalue weighted by Gasteiger charge is 2.18. The maximum Gasteiger partial charge on any atom is 0.249 e. The molecule has 0 saturated heterocycles. The second-order valence-electron chi connectivity index (χ2n) is 8.36. The third-order valence-corrected chi connectivity index (χ3v) is 6.43. The summed E-state index contributed by atoms with van der Waals surface area (Å²) in [6.07, 6.45) is 1.67. The first-order chi connectivity index (χ1) is 16.1. The summed E-state index contributed by atoms with van der Waals surface area (Å²) >= 11 is 0. The number of amides is 1. The van der Waals surface area contributed by atoms with Crippen LogP contribution in [-0.2, 0) is 6.54 Å². The van der Waals surface area contributed by atoms with E-state index in [0.717, 1.165) is 33.1 Å². The summed E-state index contributed by atoms with van der Waals surface area (Å²) in [6.45, 7) is 2.79. The molecule has 0 aliphatic rings. The Balaban J connectivity index is 1.66. The molecular weight excluding hydrogens is 408 g/mol. The molecule has 4 nitrogen and oxygen atoms in total. The van der Waals surface area contributed by atoms with Crippen molar-refractivity contribution in [3.63, 3.8) is 0 Å². The number of hydrogen-bond acceptors (Lipinski definition) is 2. The number of benzene rings is 4. The fraction of sp³-hybridized carbons (Fsp3) is 0.0690. The van der Waals surface area contributed by atoms with E-state index < -0.39 is 5.91 Å². The van der Waals surface area contributed by atoms with Crippen LogP contribution in [-0.4, -0.2) is 10.5 Å². The monoisotopic (exact) mass is 429 g/mol. The van der Waals surface area contributed by atoms with Crippen molar-refractivity contribution >= 4 is 38.5 Å². The lowest BCUT2D eigenvalue weighted by molar-refractivity contribution is 0.100. The Labute approximate surface area is 190 Å². The van der Waals surface area contributed by atoms with Crippen LogP contribution in [0.2, 0.25) is 0 Å². The molecule has 0 aliphatic heterocycles. The Morgan fingerprint density at radius 1 is 0.970 bits per heavy atom. The van der Waals surface area contributed by atoms with Gasteiger partial charge in [-0.25, -0.2) is 0 Å². The minimum absolute atomic E-state index is 0.441. The van der Waals surface area contributed by atoms with Gasteiger partial charge < -0.3 is 14.7 Å². The van der Waals surface area contributed by atoms with Crippen molar-refractivity contribution in [3.8, 4) is 11.3 Å². The number of aromatic nitrogens is 1. The Kier molecular flexibility index (Phi) is 4.34. The largest absolute Gasteiger partial charge is 0.464 e. The normalized spacial score (nSPS) is 11.5. The smallest absolute Gasteiger partial charge is 0.249 e. The minimum Gasteiger partial charge on any atom is -0.464 e. The Bertz CT molecular complexity index is 1670. The number of nitrogens with zero attached hydrogens (tertiary/aromatic N) is 1. The van der Waals surface area contributed by atoms with Crippen LogP contribution in [0.25, 0.3) is 43.9 Å². The standard InChI is InChI=1S/C29H21N2O2/c1-18-11-12-20(22-7-3-2-6-21(18)22)17-31-25-9-4-8-24(29(30)32)28(25)23-14-13-19(16-26(23)31)27-10-5-15-33-27/h2-13,15-16H,17H2,1H3,(H2,30,32). The number of rotatable bonds is 4. The molecule has 4 aromatic carbocycles. The highest BCUT2D eigenvalue weighted by Crippen LogP contribution is 2.35. The van der Waals surface area contributed by atoms with Gasteiger partial charge in [0.2, 0.25) is 5.91 Å². The molecule has 1 amide bonds. The van der Waals surface area contributed by atoms with Gasteiger partial charge in [-0.2, -0.15) is 0 Å². The number of fused-ring (bicyclic) bond motifs is 4. The maximum atomic E-state index is 12.3. The van der Waals surface area contributed by atoms with Gasteiger partial charge in [-0.3, -0.25) is 4.79 Å². The summed E-state index contributed by atoms with van der Waals surface area (Å²) < 4.78 is 7.88. The highest BCUT2D eigenvalue weighted by atomic mass is 16.3. The molecule has 0 spiro atoms. The molecule has 0 atom stereocenters. The summed E-state index contributed by atoms with van der Waals surface area (Å²) in [5, 5.41) is 4.19. The van der Waals surface area contributed by atoms with Crippen LogP contribution in [0, 0.1) is 13.0 Å². The number of aryl methyl sites for hydroxylation is 1. The fourth-order valence-electron chi connectivity index (χ4n) is 4.84.